The summed E-state index contributed by atoms with van der Waals surface area (Å²) in [5, 5.41) is 3.29. The second kappa shape index (κ2) is 6.60. The highest BCUT2D eigenvalue weighted by molar-refractivity contribution is 5.29. The van der Waals surface area contributed by atoms with Gasteiger partial charge in [-0.3, -0.25) is 4.98 Å². The average Bonchev–Trinajstić information content (AvgIpc) is 2.26. The van der Waals surface area contributed by atoms with Crippen LogP contribution < -0.4 is 10.1 Å². The van der Waals surface area contributed by atoms with Gasteiger partial charge in [0, 0.05) is 24.5 Å². The van der Waals surface area contributed by atoms with E-state index in [1.807, 2.05) is 12.3 Å². The summed E-state index contributed by atoms with van der Waals surface area (Å²) in [4.78, 5) is 4.14. The van der Waals surface area contributed by atoms with Crippen molar-refractivity contribution in [1.29, 1.82) is 0 Å². The number of ether oxygens (including phenoxy) is 1. The van der Waals surface area contributed by atoms with E-state index in [2.05, 4.69) is 38.0 Å². The van der Waals surface area contributed by atoms with E-state index in [0.29, 0.717) is 5.41 Å². The lowest BCUT2D eigenvalue weighted by Crippen LogP contribution is -2.15. The molecule has 0 fully saturated rings. The van der Waals surface area contributed by atoms with Gasteiger partial charge in [0.2, 0.25) is 0 Å². The second-order valence-electron chi connectivity index (χ2n) is 5.42. The molecule has 0 atom stereocenters. The van der Waals surface area contributed by atoms with Crippen LogP contribution in [0.2, 0.25) is 0 Å². The van der Waals surface area contributed by atoms with Crippen molar-refractivity contribution in [3.05, 3.63) is 24.0 Å². The summed E-state index contributed by atoms with van der Waals surface area (Å²) in [6.07, 6.45) is 4.70. The van der Waals surface area contributed by atoms with E-state index in [1.165, 1.54) is 0 Å². The van der Waals surface area contributed by atoms with Crippen LogP contribution in [0.25, 0.3) is 0 Å². The molecule has 0 radical (unpaired) electrons. The van der Waals surface area contributed by atoms with Crippen molar-refractivity contribution < 1.29 is 4.74 Å². The van der Waals surface area contributed by atoms with Crippen LogP contribution in [-0.4, -0.2) is 18.1 Å². The lowest BCUT2D eigenvalue weighted by atomic mass is 9.93. The Morgan fingerprint density at radius 1 is 1.35 bits per heavy atom. The number of rotatable bonds is 6. The van der Waals surface area contributed by atoms with Gasteiger partial charge in [-0.1, -0.05) is 27.7 Å². The zero-order chi connectivity index (χ0) is 12.7. The maximum atomic E-state index is 5.83. The summed E-state index contributed by atoms with van der Waals surface area (Å²) >= 11 is 0. The highest BCUT2D eigenvalue weighted by Gasteiger charge is 2.10. The van der Waals surface area contributed by atoms with Crippen LogP contribution in [0.4, 0.5) is 0 Å². The molecule has 1 rings (SSSR count). The smallest absolute Gasteiger partial charge is 0.126 e. The summed E-state index contributed by atoms with van der Waals surface area (Å²) in [5.74, 6) is 0.949. The molecule has 0 amide bonds. The molecule has 1 aromatic rings. The van der Waals surface area contributed by atoms with Crippen LogP contribution in [0.1, 0.15) is 39.7 Å². The summed E-state index contributed by atoms with van der Waals surface area (Å²) in [5.41, 5.74) is 1.44. The Bertz CT molecular complexity index is 331. The maximum absolute atomic E-state index is 5.83. The first-order valence-electron chi connectivity index (χ1n) is 6.29. The molecule has 0 spiro atoms. The van der Waals surface area contributed by atoms with Crippen molar-refractivity contribution in [2.24, 2.45) is 5.41 Å². The third-order valence-electron chi connectivity index (χ3n) is 2.53. The number of nitrogens with one attached hydrogen (secondary N) is 1. The minimum atomic E-state index is 0.314. The largest absolute Gasteiger partial charge is 0.493 e. The van der Waals surface area contributed by atoms with Crippen molar-refractivity contribution in [3.63, 3.8) is 0 Å². The molecule has 1 N–H and O–H groups in total. The Morgan fingerprint density at radius 2 is 2.12 bits per heavy atom. The lowest BCUT2D eigenvalue weighted by Gasteiger charge is -2.19. The second-order valence-corrected chi connectivity index (χ2v) is 5.42. The topological polar surface area (TPSA) is 34.2 Å². The summed E-state index contributed by atoms with van der Waals surface area (Å²) in [6.45, 7) is 11.3. The molecule has 0 aliphatic heterocycles. The van der Waals surface area contributed by atoms with E-state index in [0.717, 1.165) is 37.4 Å². The molecular formula is C14H24N2O. The van der Waals surface area contributed by atoms with Crippen LogP contribution in [0.15, 0.2) is 18.5 Å². The molecule has 3 nitrogen and oxygen atoms in total. The minimum Gasteiger partial charge on any atom is -0.493 e. The molecule has 0 unspecified atom stereocenters. The van der Waals surface area contributed by atoms with Crippen molar-refractivity contribution in [1.82, 2.24) is 10.3 Å². The highest BCUT2D eigenvalue weighted by atomic mass is 16.5. The quantitative estimate of drug-likeness (QED) is 0.824. The highest BCUT2D eigenvalue weighted by Crippen LogP contribution is 2.21. The Labute approximate surface area is 105 Å². The fourth-order valence-corrected chi connectivity index (χ4v) is 1.41. The summed E-state index contributed by atoms with van der Waals surface area (Å²) in [7, 11) is 0. The van der Waals surface area contributed by atoms with Gasteiger partial charge in [0.25, 0.3) is 0 Å². The van der Waals surface area contributed by atoms with Crippen LogP contribution in [0, 0.1) is 5.41 Å². The van der Waals surface area contributed by atoms with E-state index in [1.54, 1.807) is 6.20 Å². The lowest BCUT2D eigenvalue weighted by molar-refractivity contribution is 0.241. The molecule has 0 aliphatic carbocycles. The molecule has 0 aromatic carbocycles. The fourth-order valence-electron chi connectivity index (χ4n) is 1.41. The molecule has 0 saturated heterocycles. The minimum absolute atomic E-state index is 0.314. The van der Waals surface area contributed by atoms with E-state index in [9.17, 15) is 0 Å². The van der Waals surface area contributed by atoms with Crippen molar-refractivity contribution in [3.8, 4) is 5.75 Å². The first kappa shape index (κ1) is 14.0. The number of hydrogen-bond donors (Lipinski definition) is 1. The number of pyridine rings is 1. The number of aromatic nitrogens is 1. The molecule has 0 saturated carbocycles. The van der Waals surface area contributed by atoms with Gasteiger partial charge in [-0.15, -0.1) is 0 Å². The van der Waals surface area contributed by atoms with Crippen LogP contribution >= 0.6 is 0 Å². The predicted octanol–water partition coefficient (Wildman–Crippen LogP) is 3.01. The fraction of sp³-hybridized carbons (Fsp3) is 0.643. The standard InChI is InChI=1S/C14H24N2O/c1-5-15-10-12-11-16-8-6-13(12)17-9-7-14(2,3)4/h6,8,11,15H,5,7,9-10H2,1-4H3. The third-order valence-corrected chi connectivity index (χ3v) is 2.53. The van der Waals surface area contributed by atoms with Crippen LogP contribution in [0.3, 0.4) is 0 Å². The van der Waals surface area contributed by atoms with Crippen LogP contribution in [0.5, 0.6) is 5.75 Å². The van der Waals surface area contributed by atoms with Crippen molar-refractivity contribution >= 4 is 0 Å². The van der Waals surface area contributed by atoms with Crippen molar-refractivity contribution in [2.45, 2.75) is 40.7 Å². The first-order valence-corrected chi connectivity index (χ1v) is 6.29. The monoisotopic (exact) mass is 236 g/mol. The predicted molar refractivity (Wildman–Crippen MR) is 71.2 cm³/mol. The van der Waals surface area contributed by atoms with Gasteiger partial charge in [0.15, 0.2) is 0 Å². The van der Waals surface area contributed by atoms with Gasteiger partial charge in [-0.25, -0.2) is 0 Å². The van der Waals surface area contributed by atoms with E-state index >= 15 is 0 Å². The zero-order valence-corrected chi connectivity index (χ0v) is 11.4. The molecule has 1 aromatic heterocycles. The Morgan fingerprint density at radius 3 is 2.76 bits per heavy atom. The normalized spacial score (nSPS) is 11.5. The average molecular weight is 236 g/mol. The number of hydrogen-bond acceptors (Lipinski definition) is 3. The van der Waals surface area contributed by atoms with E-state index in [-0.39, 0.29) is 0 Å². The molecule has 0 bridgehead atoms. The Kier molecular flexibility index (Phi) is 5.42. The van der Waals surface area contributed by atoms with Crippen LogP contribution in [-0.2, 0) is 6.54 Å². The SMILES string of the molecule is CCNCc1cnccc1OCCC(C)(C)C. The summed E-state index contributed by atoms with van der Waals surface area (Å²) < 4.78 is 5.83. The first-order chi connectivity index (χ1) is 8.03. The third kappa shape index (κ3) is 5.68. The van der Waals surface area contributed by atoms with Gasteiger partial charge in [0.1, 0.15) is 5.75 Å². The van der Waals surface area contributed by atoms with Gasteiger partial charge in [0.05, 0.1) is 6.61 Å². The van der Waals surface area contributed by atoms with E-state index < -0.39 is 0 Å². The Hall–Kier alpha value is -1.09. The molecule has 0 aliphatic rings. The Balaban J connectivity index is 2.51. The molecular weight excluding hydrogens is 212 g/mol. The maximum Gasteiger partial charge on any atom is 0.126 e. The number of nitrogens with zero attached hydrogens (tertiary/aromatic N) is 1. The van der Waals surface area contributed by atoms with Gasteiger partial charge < -0.3 is 10.1 Å². The molecule has 1 heterocycles. The zero-order valence-electron chi connectivity index (χ0n) is 11.4. The molecule has 3 heteroatoms. The van der Waals surface area contributed by atoms with E-state index in [4.69, 9.17) is 4.74 Å². The van der Waals surface area contributed by atoms with Gasteiger partial charge >= 0.3 is 0 Å². The summed E-state index contributed by atoms with van der Waals surface area (Å²) in [6, 6.07) is 1.94. The molecule has 96 valence electrons. The van der Waals surface area contributed by atoms with Crippen molar-refractivity contribution in [2.75, 3.05) is 13.2 Å². The van der Waals surface area contributed by atoms with Gasteiger partial charge in [-0.05, 0) is 24.4 Å². The molecule has 17 heavy (non-hydrogen) atoms. The van der Waals surface area contributed by atoms with Gasteiger partial charge in [-0.2, -0.15) is 0 Å².